The Morgan fingerprint density at radius 2 is 1.70 bits per heavy atom. The van der Waals surface area contributed by atoms with E-state index >= 15 is 0 Å². The fourth-order valence-corrected chi connectivity index (χ4v) is 2.34. The molecular weight excluding hydrogens is 314 g/mol. The molecule has 0 radical (unpaired) electrons. The Morgan fingerprint density at radius 3 is 2.39 bits per heavy atom. The SMILES string of the molecule is CN(Cc1ccccc1)c1ccc2nc(N)nc(N)c2c1.Cl.O. The van der Waals surface area contributed by atoms with Crippen LogP contribution in [0.4, 0.5) is 17.5 Å². The van der Waals surface area contributed by atoms with Gasteiger partial charge in [-0.1, -0.05) is 30.3 Å². The summed E-state index contributed by atoms with van der Waals surface area (Å²) in [7, 11) is 2.04. The van der Waals surface area contributed by atoms with E-state index in [1.807, 2.05) is 43.4 Å². The van der Waals surface area contributed by atoms with E-state index in [1.54, 1.807) is 0 Å². The Balaban J connectivity index is 0.00000132. The van der Waals surface area contributed by atoms with E-state index in [0.29, 0.717) is 5.82 Å². The van der Waals surface area contributed by atoms with Gasteiger partial charge in [0.2, 0.25) is 5.95 Å². The van der Waals surface area contributed by atoms with Crippen LogP contribution in [-0.2, 0) is 6.54 Å². The zero-order valence-electron chi connectivity index (χ0n) is 12.7. The van der Waals surface area contributed by atoms with E-state index in [0.717, 1.165) is 23.1 Å². The van der Waals surface area contributed by atoms with Gasteiger partial charge in [0.05, 0.1) is 5.52 Å². The number of hydrogen-bond acceptors (Lipinski definition) is 5. The number of aromatic nitrogens is 2. The minimum Gasteiger partial charge on any atom is -0.412 e. The molecule has 0 unspecified atom stereocenters. The van der Waals surface area contributed by atoms with Crippen molar-refractivity contribution in [2.75, 3.05) is 23.4 Å². The van der Waals surface area contributed by atoms with Gasteiger partial charge in [-0.05, 0) is 23.8 Å². The molecule has 0 atom stereocenters. The van der Waals surface area contributed by atoms with Gasteiger partial charge in [0.1, 0.15) is 5.82 Å². The van der Waals surface area contributed by atoms with Gasteiger partial charge in [-0.2, -0.15) is 4.98 Å². The lowest BCUT2D eigenvalue weighted by Gasteiger charge is -2.20. The van der Waals surface area contributed by atoms with E-state index in [2.05, 4.69) is 27.0 Å². The quantitative estimate of drug-likeness (QED) is 0.761. The molecule has 0 aliphatic carbocycles. The molecule has 0 fully saturated rings. The van der Waals surface area contributed by atoms with Gasteiger partial charge in [0.25, 0.3) is 0 Å². The van der Waals surface area contributed by atoms with Gasteiger partial charge in [0.15, 0.2) is 0 Å². The second-order valence-electron chi connectivity index (χ2n) is 5.01. The molecule has 0 saturated carbocycles. The number of halogens is 1. The highest BCUT2D eigenvalue weighted by atomic mass is 35.5. The number of rotatable bonds is 3. The zero-order chi connectivity index (χ0) is 14.8. The van der Waals surface area contributed by atoms with Crippen LogP contribution in [0.5, 0.6) is 0 Å². The average molecular weight is 334 g/mol. The van der Waals surface area contributed by atoms with Crippen LogP contribution in [0.25, 0.3) is 10.9 Å². The van der Waals surface area contributed by atoms with Gasteiger partial charge in [0, 0.05) is 24.7 Å². The third-order valence-electron chi connectivity index (χ3n) is 3.43. The molecule has 23 heavy (non-hydrogen) atoms. The van der Waals surface area contributed by atoms with E-state index in [1.165, 1.54) is 5.56 Å². The summed E-state index contributed by atoms with van der Waals surface area (Å²) in [5.74, 6) is 0.609. The molecule has 1 heterocycles. The number of nitrogen functional groups attached to an aromatic ring is 2. The third-order valence-corrected chi connectivity index (χ3v) is 3.43. The Hall–Kier alpha value is -2.57. The first-order chi connectivity index (χ1) is 10.1. The Bertz CT molecular complexity index is 782. The molecule has 0 amide bonds. The Labute approximate surface area is 140 Å². The predicted octanol–water partition coefficient (Wildman–Crippen LogP) is 2.03. The van der Waals surface area contributed by atoms with Gasteiger partial charge >= 0.3 is 0 Å². The topological polar surface area (TPSA) is 113 Å². The summed E-state index contributed by atoms with van der Waals surface area (Å²) < 4.78 is 0. The van der Waals surface area contributed by atoms with Gasteiger partial charge < -0.3 is 21.8 Å². The minimum atomic E-state index is 0. The van der Waals surface area contributed by atoms with Gasteiger partial charge in [-0.15, -0.1) is 12.4 Å². The summed E-state index contributed by atoms with van der Waals surface area (Å²) in [5, 5.41) is 0.821. The highest BCUT2D eigenvalue weighted by Gasteiger charge is 2.07. The number of nitrogens with two attached hydrogens (primary N) is 2. The van der Waals surface area contributed by atoms with Crippen molar-refractivity contribution < 1.29 is 5.48 Å². The number of benzene rings is 2. The van der Waals surface area contributed by atoms with Crippen LogP contribution in [0.15, 0.2) is 48.5 Å². The fraction of sp³-hybridized carbons (Fsp3) is 0.125. The molecule has 6 N–H and O–H groups in total. The van der Waals surface area contributed by atoms with Crippen LogP contribution in [0.1, 0.15) is 5.56 Å². The second-order valence-corrected chi connectivity index (χ2v) is 5.01. The maximum Gasteiger partial charge on any atom is 0.222 e. The van der Waals surface area contributed by atoms with Crippen molar-refractivity contribution in [2.24, 2.45) is 0 Å². The predicted molar refractivity (Wildman–Crippen MR) is 97.8 cm³/mol. The first-order valence-electron chi connectivity index (χ1n) is 6.71. The van der Waals surface area contributed by atoms with Crippen molar-refractivity contribution in [3.05, 3.63) is 54.1 Å². The summed E-state index contributed by atoms with van der Waals surface area (Å²) >= 11 is 0. The van der Waals surface area contributed by atoms with Crippen LogP contribution in [-0.4, -0.2) is 22.5 Å². The lowest BCUT2D eigenvalue weighted by Crippen LogP contribution is -2.16. The summed E-state index contributed by atoms with van der Waals surface area (Å²) in [4.78, 5) is 10.4. The number of hydrogen-bond donors (Lipinski definition) is 2. The number of nitrogens with zero attached hydrogens (tertiary/aromatic N) is 3. The molecule has 3 aromatic rings. The van der Waals surface area contributed by atoms with Crippen LogP contribution in [0.2, 0.25) is 0 Å². The molecule has 7 heteroatoms. The van der Waals surface area contributed by atoms with Crippen molar-refractivity contribution >= 4 is 40.8 Å². The van der Waals surface area contributed by atoms with Crippen LogP contribution >= 0.6 is 12.4 Å². The molecule has 0 saturated heterocycles. The standard InChI is InChI=1S/C16H17N5.ClH.H2O/c1-21(10-11-5-3-2-4-6-11)12-7-8-14-13(9-12)15(17)20-16(18)19-14;;/h2-9H,10H2,1H3,(H4,17,18,19,20);1H;1H2. The number of anilines is 3. The first-order valence-corrected chi connectivity index (χ1v) is 6.71. The van der Waals surface area contributed by atoms with Crippen molar-refractivity contribution in [3.63, 3.8) is 0 Å². The molecular formula is C16H20ClN5O. The van der Waals surface area contributed by atoms with Crippen LogP contribution < -0.4 is 16.4 Å². The van der Waals surface area contributed by atoms with E-state index < -0.39 is 0 Å². The smallest absolute Gasteiger partial charge is 0.222 e. The Morgan fingerprint density at radius 1 is 1.00 bits per heavy atom. The second kappa shape index (κ2) is 7.62. The molecule has 3 rings (SSSR count). The zero-order valence-corrected chi connectivity index (χ0v) is 13.5. The molecule has 0 bridgehead atoms. The van der Waals surface area contributed by atoms with Gasteiger partial charge in [-0.25, -0.2) is 4.98 Å². The van der Waals surface area contributed by atoms with E-state index in [4.69, 9.17) is 11.5 Å². The van der Waals surface area contributed by atoms with E-state index in [9.17, 15) is 0 Å². The van der Waals surface area contributed by atoms with Crippen LogP contribution in [0.3, 0.4) is 0 Å². The maximum atomic E-state index is 5.93. The normalized spacial score (nSPS) is 9.78. The summed E-state index contributed by atoms with van der Waals surface area (Å²) in [6.45, 7) is 0.822. The molecule has 2 aromatic carbocycles. The lowest BCUT2D eigenvalue weighted by molar-refractivity contribution is 0.824. The monoisotopic (exact) mass is 333 g/mol. The van der Waals surface area contributed by atoms with Crippen LogP contribution in [0, 0.1) is 0 Å². The molecule has 1 aromatic heterocycles. The molecule has 0 aliphatic rings. The average Bonchev–Trinajstić information content (AvgIpc) is 2.47. The van der Waals surface area contributed by atoms with Crippen molar-refractivity contribution in [2.45, 2.75) is 6.54 Å². The highest BCUT2D eigenvalue weighted by Crippen LogP contribution is 2.25. The Kier molecular flexibility index (Phi) is 6.12. The van der Waals surface area contributed by atoms with E-state index in [-0.39, 0.29) is 23.8 Å². The highest BCUT2D eigenvalue weighted by molar-refractivity contribution is 5.91. The lowest BCUT2D eigenvalue weighted by atomic mass is 10.1. The molecule has 0 spiro atoms. The van der Waals surface area contributed by atoms with Gasteiger partial charge in [-0.3, -0.25) is 0 Å². The van der Waals surface area contributed by atoms with Crippen molar-refractivity contribution in [1.29, 1.82) is 0 Å². The molecule has 122 valence electrons. The first kappa shape index (κ1) is 18.5. The van der Waals surface area contributed by atoms with Crippen molar-refractivity contribution in [3.8, 4) is 0 Å². The summed E-state index contributed by atoms with van der Waals surface area (Å²) in [5.41, 5.74) is 14.6. The molecule has 0 aliphatic heterocycles. The number of fused-ring (bicyclic) bond motifs is 1. The third kappa shape index (κ3) is 4.00. The minimum absolute atomic E-state index is 0. The molecule has 6 nitrogen and oxygen atoms in total. The summed E-state index contributed by atoms with van der Waals surface area (Å²) in [6, 6.07) is 16.2. The fourth-order valence-electron chi connectivity index (χ4n) is 2.34. The maximum absolute atomic E-state index is 5.93. The largest absolute Gasteiger partial charge is 0.412 e. The summed E-state index contributed by atoms with van der Waals surface area (Å²) in [6.07, 6.45) is 0. The van der Waals surface area contributed by atoms with Crippen molar-refractivity contribution in [1.82, 2.24) is 9.97 Å².